The van der Waals surface area contributed by atoms with Crippen LogP contribution in [0.2, 0.25) is 13.1 Å². The minimum absolute atomic E-state index is 0.528. The first-order chi connectivity index (χ1) is 32.0. The van der Waals surface area contributed by atoms with Crippen molar-refractivity contribution in [2.24, 2.45) is 0 Å². The zero-order valence-electron chi connectivity index (χ0n) is 36.1. The summed E-state index contributed by atoms with van der Waals surface area (Å²) < 4.78 is 2.53. The molecule has 1 unspecified atom stereocenters. The van der Waals surface area contributed by atoms with E-state index >= 15 is 0 Å². The molecule has 0 saturated carbocycles. The van der Waals surface area contributed by atoms with Crippen LogP contribution in [0.15, 0.2) is 218 Å². The van der Waals surface area contributed by atoms with Gasteiger partial charge in [-0.2, -0.15) is 0 Å². The number of nitrogens with zero attached hydrogens (tertiary/aromatic N) is 4. The fourth-order valence-corrected chi connectivity index (χ4v) is 14.3. The summed E-state index contributed by atoms with van der Waals surface area (Å²) in [6.07, 6.45) is 0. The van der Waals surface area contributed by atoms with Crippen molar-refractivity contribution >= 4 is 40.3 Å². The van der Waals surface area contributed by atoms with Crippen LogP contribution in [-0.4, -0.2) is 27.6 Å². The number of hydrogen-bond acceptors (Lipinski definition) is 3. The third-order valence-electron chi connectivity index (χ3n) is 14.1. The predicted molar refractivity (Wildman–Crippen MR) is 270 cm³/mol. The first-order valence-electron chi connectivity index (χ1n) is 22.4. The molecule has 0 aliphatic carbocycles. The van der Waals surface area contributed by atoms with E-state index in [4.69, 9.17) is 15.0 Å². The molecule has 306 valence electrons. The maximum absolute atomic E-state index is 5.11. The monoisotopic (exact) mass is 846 g/mol. The highest BCUT2D eigenvalue weighted by Crippen LogP contribution is 2.55. The highest BCUT2D eigenvalue weighted by atomic mass is 28.3. The Kier molecular flexibility index (Phi) is 8.24. The van der Waals surface area contributed by atoms with Crippen LogP contribution in [-0.2, 0) is 5.41 Å². The Balaban J connectivity index is 0.973. The van der Waals surface area contributed by atoms with Crippen LogP contribution in [0.25, 0.3) is 83.9 Å². The molecule has 13 rings (SSSR count). The van der Waals surface area contributed by atoms with E-state index in [0.29, 0.717) is 17.5 Å². The number of rotatable bonds is 5. The Bertz CT molecular complexity index is 3670. The van der Waals surface area contributed by atoms with Gasteiger partial charge in [-0.05, 0) is 73.1 Å². The molecule has 0 radical (unpaired) electrons. The van der Waals surface area contributed by atoms with Gasteiger partial charge in [-0.3, -0.25) is 0 Å². The van der Waals surface area contributed by atoms with Gasteiger partial charge in [0.25, 0.3) is 0 Å². The van der Waals surface area contributed by atoms with E-state index < -0.39 is 13.5 Å². The largest absolute Gasteiger partial charge is 0.309 e. The smallest absolute Gasteiger partial charge is 0.164 e. The van der Waals surface area contributed by atoms with E-state index in [1.807, 2.05) is 24.3 Å². The van der Waals surface area contributed by atoms with Crippen molar-refractivity contribution in [3.05, 3.63) is 241 Å². The molecule has 2 aliphatic rings. The summed E-state index contributed by atoms with van der Waals surface area (Å²) in [5, 5.41) is 5.56. The second-order valence-electron chi connectivity index (χ2n) is 17.9. The van der Waals surface area contributed by atoms with Crippen LogP contribution < -0.4 is 10.4 Å². The lowest BCUT2D eigenvalue weighted by Gasteiger charge is -2.49. The van der Waals surface area contributed by atoms with Crippen molar-refractivity contribution in [1.29, 1.82) is 0 Å². The normalized spacial score (nSPS) is 15.4. The van der Waals surface area contributed by atoms with Crippen molar-refractivity contribution in [3.63, 3.8) is 0 Å². The number of hydrogen-bond donors (Lipinski definition) is 0. The topological polar surface area (TPSA) is 43.6 Å². The molecule has 0 saturated heterocycles. The van der Waals surface area contributed by atoms with Gasteiger partial charge >= 0.3 is 0 Å². The molecule has 2 aromatic heterocycles. The second kappa shape index (κ2) is 14.3. The Morgan fingerprint density at radius 3 is 1.51 bits per heavy atom. The number of para-hydroxylation sites is 3. The minimum Gasteiger partial charge on any atom is -0.309 e. The first-order valence-corrected chi connectivity index (χ1v) is 25.4. The Morgan fingerprint density at radius 1 is 0.354 bits per heavy atom. The molecule has 0 amide bonds. The van der Waals surface area contributed by atoms with Crippen molar-refractivity contribution in [1.82, 2.24) is 19.5 Å². The van der Waals surface area contributed by atoms with Gasteiger partial charge in [0.2, 0.25) is 0 Å². The molecule has 9 aromatic carbocycles. The number of fused-ring (bicyclic) bond motifs is 11. The Labute approximate surface area is 379 Å². The molecule has 1 atom stereocenters. The van der Waals surface area contributed by atoms with Crippen LogP contribution in [0.1, 0.15) is 22.3 Å². The fourth-order valence-electron chi connectivity index (χ4n) is 11.1. The molecule has 0 N–H and O–H groups in total. The Morgan fingerprint density at radius 2 is 0.815 bits per heavy atom. The summed E-state index contributed by atoms with van der Waals surface area (Å²) >= 11 is 0. The van der Waals surface area contributed by atoms with E-state index in [1.54, 1.807) is 0 Å². The lowest BCUT2D eigenvalue weighted by atomic mass is 9.62. The molecular weight excluding hydrogens is 805 g/mol. The minimum atomic E-state index is -2.16. The average molecular weight is 847 g/mol. The molecule has 0 fully saturated rings. The second-order valence-corrected chi connectivity index (χ2v) is 22.3. The fraction of sp³-hybridized carbons (Fsp3) is 0.0500. The zero-order valence-corrected chi connectivity index (χ0v) is 37.1. The molecular formula is C60H42N4Si. The summed E-state index contributed by atoms with van der Waals surface area (Å²) in [6.45, 7) is 5.06. The van der Waals surface area contributed by atoms with Crippen molar-refractivity contribution in [2.45, 2.75) is 18.5 Å². The SMILES string of the molecule is C[Si]1(C)c2ccccc2C2(c3ccccc3-n3c4ccccc4c4cccc2c43)c2cc(-c3ccc(-c4nc(-c5ccccc5)nc(-c5ccc(-c6ccccc6)cc5)n4)cc3)ccc21. The van der Waals surface area contributed by atoms with E-state index in [2.05, 4.69) is 212 Å². The standard InChI is InChI=1S/C60H42N4Si/c1-65(2)54-27-14-11-23-49(54)60(48-22-10-13-26-53(48)64-52-25-12-9-20-46(52)47-21-15-24-50(60)56(47)64)51-38-45(36-37-55(51)65)41-30-34-44(35-31-41)59-62-57(42-18-7-4-8-19-42)61-58(63-59)43-32-28-40(29-33-43)39-16-5-3-6-17-39/h3-38H,1-2H3. The van der Waals surface area contributed by atoms with Crippen molar-refractivity contribution in [2.75, 3.05) is 0 Å². The van der Waals surface area contributed by atoms with Crippen LogP contribution >= 0.6 is 0 Å². The first kappa shape index (κ1) is 37.6. The quantitative estimate of drug-likeness (QED) is 0.162. The molecule has 65 heavy (non-hydrogen) atoms. The molecule has 11 aromatic rings. The highest BCUT2D eigenvalue weighted by Gasteiger charge is 2.53. The molecule has 0 bridgehead atoms. The van der Waals surface area contributed by atoms with Crippen molar-refractivity contribution < 1.29 is 0 Å². The molecule has 1 spiro atoms. The summed E-state index contributed by atoms with van der Waals surface area (Å²) in [5.74, 6) is 1.94. The van der Waals surface area contributed by atoms with E-state index in [0.717, 1.165) is 27.8 Å². The van der Waals surface area contributed by atoms with Gasteiger partial charge in [-0.15, -0.1) is 0 Å². The lowest BCUT2D eigenvalue weighted by molar-refractivity contribution is 0.732. The third-order valence-corrected chi connectivity index (χ3v) is 17.7. The molecule has 4 heterocycles. The maximum atomic E-state index is 5.11. The van der Waals surface area contributed by atoms with Gasteiger partial charge in [-0.25, -0.2) is 15.0 Å². The molecule has 5 heteroatoms. The summed E-state index contributed by atoms with van der Waals surface area (Å²) in [6, 6.07) is 79.6. The maximum Gasteiger partial charge on any atom is 0.164 e. The van der Waals surface area contributed by atoms with Gasteiger partial charge < -0.3 is 4.57 Å². The number of aromatic nitrogens is 4. The summed E-state index contributed by atoms with van der Waals surface area (Å²) in [4.78, 5) is 15.2. The number of benzene rings is 9. The van der Waals surface area contributed by atoms with Gasteiger partial charge in [0.05, 0.1) is 22.1 Å². The van der Waals surface area contributed by atoms with Crippen LogP contribution in [0, 0.1) is 0 Å². The predicted octanol–water partition coefficient (Wildman–Crippen LogP) is 13.1. The zero-order chi connectivity index (χ0) is 43.3. The molecule has 2 aliphatic heterocycles. The van der Waals surface area contributed by atoms with Crippen LogP contribution in [0.5, 0.6) is 0 Å². The van der Waals surface area contributed by atoms with Crippen LogP contribution in [0.4, 0.5) is 0 Å². The van der Waals surface area contributed by atoms with Gasteiger partial charge in [0.15, 0.2) is 17.5 Å². The van der Waals surface area contributed by atoms with Crippen LogP contribution in [0.3, 0.4) is 0 Å². The van der Waals surface area contributed by atoms with E-state index in [1.165, 1.54) is 71.2 Å². The van der Waals surface area contributed by atoms with Crippen molar-refractivity contribution in [3.8, 4) is 62.1 Å². The molecule has 4 nitrogen and oxygen atoms in total. The lowest BCUT2D eigenvalue weighted by Crippen LogP contribution is -2.63. The van der Waals surface area contributed by atoms with E-state index in [-0.39, 0.29) is 0 Å². The Hall–Kier alpha value is -7.99. The van der Waals surface area contributed by atoms with Gasteiger partial charge in [0.1, 0.15) is 8.07 Å². The summed E-state index contributed by atoms with van der Waals surface area (Å²) in [7, 11) is -2.16. The van der Waals surface area contributed by atoms with Gasteiger partial charge in [-0.1, -0.05) is 213 Å². The van der Waals surface area contributed by atoms with Gasteiger partial charge in [0, 0.05) is 27.5 Å². The third kappa shape index (κ3) is 5.52. The summed E-state index contributed by atoms with van der Waals surface area (Å²) in [5.41, 5.74) is 16.2. The highest BCUT2D eigenvalue weighted by molar-refractivity contribution is 7.01. The average Bonchev–Trinajstić information content (AvgIpc) is 3.72. The van der Waals surface area contributed by atoms with E-state index in [9.17, 15) is 0 Å².